The Morgan fingerprint density at radius 1 is 1.39 bits per heavy atom. The van der Waals surface area contributed by atoms with E-state index in [0.29, 0.717) is 16.3 Å². The van der Waals surface area contributed by atoms with E-state index in [1.54, 1.807) is 12.1 Å². The molecule has 1 N–H and O–H groups in total. The van der Waals surface area contributed by atoms with Crippen LogP contribution >= 0.6 is 15.9 Å². The summed E-state index contributed by atoms with van der Waals surface area (Å²) in [6, 6.07) is 4.72. The lowest BCUT2D eigenvalue weighted by Gasteiger charge is -2.20. The van der Waals surface area contributed by atoms with Gasteiger partial charge in [-0.25, -0.2) is 4.39 Å². The van der Waals surface area contributed by atoms with E-state index in [1.807, 2.05) is 0 Å². The number of hydrogen-bond donors (Lipinski definition) is 1. The van der Waals surface area contributed by atoms with Crippen LogP contribution in [0.3, 0.4) is 0 Å². The normalized spacial score (nSPS) is 27.2. The molecule has 0 heterocycles. The highest BCUT2D eigenvalue weighted by molar-refractivity contribution is 9.10. The molecule has 0 aliphatic heterocycles. The Hall–Kier alpha value is -0.900. The zero-order valence-electron chi connectivity index (χ0n) is 10.5. The van der Waals surface area contributed by atoms with Crippen molar-refractivity contribution in [3.05, 3.63) is 34.1 Å². The average Bonchev–Trinajstić information content (AvgIpc) is 2.61. The molecule has 1 saturated carbocycles. The lowest BCUT2D eigenvalue weighted by molar-refractivity contribution is 0.0922. The predicted octanol–water partition coefficient (Wildman–Crippen LogP) is 3.75. The average molecular weight is 314 g/mol. The smallest absolute Gasteiger partial charge is 0.255 e. The Balaban J connectivity index is 2.13. The largest absolute Gasteiger partial charge is 0.349 e. The van der Waals surface area contributed by atoms with Crippen LogP contribution in [0, 0.1) is 17.7 Å². The summed E-state index contributed by atoms with van der Waals surface area (Å²) in [5.74, 6) is 0.241. The Kier molecular flexibility index (Phi) is 4.05. The molecule has 1 aromatic rings. The van der Waals surface area contributed by atoms with E-state index in [9.17, 15) is 9.18 Å². The van der Waals surface area contributed by atoms with Gasteiger partial charge >= 0.3 is 0 Å². The first-order valence-electron chi connectivity index (χ1n) is 6.25. The Labute approximate surface area is 115 Å². The lowest BCUT2D eigenvalue weighted by atomic mass is 9.97. The summed E-state index contributed by atoms with van der Waals surface area (Å²) < 4.78 is 14.2. The molecule has 2 rings (SSSR count). The predicted molar refractivity (Wildman–Crippen MR) is 72.9 cm³/mol. The second-order valence-electron chi connectivity index (χ2n) is 5.09. The van der Waals surface area contributed by atoms with Crippen LogP contribution in [0.5, 0.6) is 0 Å². The fourth-order valence-electron chi connectivity index (χ4n) is 2.52. The minimum atomic E-state index is -0.486. The highest BCUT2D eigenvalue weighted by atomic mass is 79.9. The van der Waals surface area contributed by atoms with Gasteiger partial charge in [0.2, 0.25) is 0 Å². The number of rotatable bonds is 2. The third kappa shape index (κ3) is 2.58. The molecule has 1 fully saturated rings. The van der Waals surface area contributed by atoms with Crippen molar-refractivity contribution in [1.29, 1.82) is 0 Å². The number of benzene rings is 1. The molecule has 0 aromatic heterocycles. The standard InChI is InChI=1S/C14H17BrFNO/c1-8-6-7-12(9(8)2)17-14(18)13-10(15)4-3-5-11(13)16/h3-5,8-9,12H,6-7H2,1-2H3,(H,17,18). The molecule has 0 spiro atoms. The van der Waals surface area contributed by atoms with E-state index in [0.717, 1.165) is 12.8 Å². The molecule has 0 bridgehead atoms. The first-order chi connectivity index (χ1) is 8.50. The molecule has 0 radical (unpaired) electrons. The van der Waals surface area contributed by atoms with Gasteiger partial charge in [-0.2, -0.15) is 0 Å². The van der Waals surface area contributed by atoms with Crippen molar-refractivity contribution in [3.8, 4) is 0 Å². The SMILES string of the molecule is CC1CCC(NC(=O)c2c(F)cccc2Br)C1C. The number of amides is 1. The molecule has 1 amide bonds. The van der Waals surface area contributed by atoms with Crippen molar-refractivity contribution in [2.24, 2.45) is 11.8 Å². The molecular weight excluding hydrogens is 297 g/mol. The van der Waals surface area contributed by atoms with Crippen molar-refractivity contribution < 1.29 is 9.18 Å². The molecule has 4 heteroatoms. The first-order valence-corrected chi connectivity index (χ1v) is 7.05. The molecule has 1 aliphatic rings. The van der Waals surface area contributed by atoms with E-state index >= 15 is 0 Å². The molecule has 98 valence electrons. The summed E-state index contributed by atoms with van der Waals surface area (Å²) in [5.41, 5.74) is 0.101. The monoisotopic (exact) mass is 313 g/mol. The van der Waals surface area contributed by atoms with Gasteiger partial charge in [0.25, 0.3) is 5.91 Å². The molecule has 3 unspecified atom stereocenters. The second kappa shape index (κ2) is 5.39. The lowest BCUT2D eigenvalue weighted by Crippen LogP contribution is -2.37. The number of carbonyl (C=O) groups excluding carboxylic acids is 1. The maximum absolute atomic E-state index is 13.7. The van der Waals surface area contributed by atoms with Gasteiger partial charge in [-0.05, 0) is 52.7 Å². The quantitative estimate of drug-likeness (QED) is 0.885. The van der Waals surface area contributed by atoms with Crippen LogP contribution in [-0.2, 0) is 0 Å². The van der Waals surface area contributed by atoms with Crippen LogP contribution in [0.2, 0.25) is 0 Å². The van der Waals surface area contributed by atoms with Crippen LogP contribution in [-0.4, -0.2) is 11.9 Å². The van der Waals surface area contributed by atoms with Gasteiger partial charge < -0.3 is 5.32 Å². The molecule has 18 heavy (non-hydrogen) atoms. The molecule has 1 aromatic carbocycles. The summed E-state index contributed by atoms with van der Waals surface area (Å²) in [7, 11) is 0. The van der Waals surface area contributed by atoms with Gasteiger partial charge in [0.15, 0.2) is 0 Å². The maximum atomic E-state index is 13.7. The van der Waals surface area contributed by atoms with Gasteiger partial charge in [0, 0.05) is 10.5 Å². The minimum Gasteiger partial charge on any atom is -0.349 e. The van der Waals surface area contributed by atoms with Crippen molar-refractivity contribution in [2.75, 3.05) is 0 Å². The van der Waals surface area contributed by atoms with Gasteiger partial charge in [0.05, 0.1) is 5.56 Å². The summed E-state index contributed by atoms with van der Waals surface area (Å²) in [5, 5.41) is 2.95. The highest BCUT2D eigenvalue weighted by Gasteiger charge is 2.31. The van der Waals surface area contributed by atoms with Crippen LogP contribution in [0.4, 0.5) is 4.39 Å². The van der Waals surface area contributed by atoms with Gasteiger partial charge in [-0.3, -0.25) is 4.79 Å². The van der Waals surface area contributed by atoms with Gasteiger partial charge in [-0.1, -0.05) is 19.9 Å². The molecule has 2 nitrogen and oxygen atoms in total. The van der Waals surface area contributed by atoms with E-state index in [4.69, 9.17) is 0 Å². The van der Waals surface area contributed by atoms with Crippen LogP contribution in [0.1, 0.15) is 37.0 Å². The Bertz CT molecular complexity index is 443. The Morgan fingerprint density at radius 2 is 2.11 bits per heavy atom. The van der Waals surface area contributed by atoms with Gasteiger partial charge in [0.1, 0.15) is 5.82 Å². The van der Waals surface area contributed by atoms with Crippen molar-refractivity contribution >= 4 is 21.8 Å². The molecule has 0 saturated heterocycles. The molecule has 1 aliphatic carbocycles. The van der Waals surface area contributed by atoms with Crippen molar-refractivity contribution in [3.63, 3.8) is 0 Å². The fourth-order valence-corrected chi connectivity index (χ4v) is 3.05. The van der Waals surface area contributed by atoms with Crippen molar-refractivity contribution in [1.82, 2.24) is 5.32 Å². The summed E-state index contributed by atoms with van der Waals surface area (Å²) in [4.78, 5) is 12.1. The number of halogens is 2. The minimum absolute atomic E-state index is 0.101. The number of nitrogens with one attached hydrogen (secondary N) is 1. The summed E-state index contributed by atoms with van der Waals surface area (Å²) >= 11 is 3.22. The third-order valence-electron chi connectivity index (χ3n) is 3.97. The summed E-state index contributed by atoms with van der Waals surface area (Å²) in [6.45, 7) is 4.33. The van der Waals surface area contributed by atoms with Gasteiger partial charge in [-0.15, -0.1) is 0 Å². The second-order valence-corrected chi connectivity index (χ2v) is 5.94. The van der Waals surface area contributed by atoms with E-state index in [2.05, 4.69) is 35.1 Å². The van der Waals surface area contributed by atoms with E-state index in [1.165, 1.54) is 6.07 Å². The summed E-state index contributed by atoms with van der Waals surface area (Å²) in [6.07, 6.45) is 2.09. The number of carbonyl (C=O) groups is 1. The zero-order valence-corrected chi connectivity index (χ0v) is 12.1. The maximum Gasteiger partial charge on any atom is 0.255 e. The number of hydrogen-bond acceptors (Lipinski definition) is 1. The third-order valence-corrected chi connectivity index (χ3v) is 4.63. The topological polar surface area (TPSA) is 29.1 Å². The molecular formula is C14H17BrFNO. The van der Waals surface area contributed by atoms with Crippen molar-refractivity contribution in [2.45, 2.75) is 32.7 Å². The van der Waals surface area contributed by atoms with Crippen LogP contribution < -0.4 is 5.32 Å². The fraction of sp³-hybridized carbons (Fsp3) is 0.500. The first kappa shape index (κ1) is 13.5. The van der Waals surface area contributed by atoms with Crippen LogP contribution in [0.15, 0.2) is 22.7 Å². The highest BCUT2D eigenvalue weighted by Crippen LogP contribution is 2.31. The van der Waals surface area contributed by atoms with E-state index in [-0.39, 0.29) is 17.5 Å². The molecule has 3 atom stereocenters. The zero-order chi connectivity index (χ0) is 13.3. The van der Waals surface area contributed by atoms with Crippen LogP contribution in [0.25, 0.3) is 0 Å². The van der Waals surface area contributed by atoms with E-state index < -0.39 is 5.82 Å². The Morgan fingerprint density at radius 3 is 2.67 bits per heavy atom.